The second-order valence-electron chi connectivity index (χ2n) is 3.92. The van der Waals surface area contributed by atoms with Crippen LogP contribution >= 0.6 is 27.5 Å². The van der Waals surface area contributed by atoms with Crippen LogP contribution in [-0.4, -0.2) is 10.9 Å². The van der Waals surface area contributed by atoms with Crippen molar-refractivity contribution < 1.29 is 9.90 Å². The van der Waals surface area contributed by atoms with E-state index in [4.69, 9.17) is 11.6 Å². The van der Waals surface area contributed by atoms with Crippen LogP contribution in [-0.2, 0) is 0 Å². The highest BCUT2D eigenvalue weighted by Gasteiger charge is 2.12. The fraction of sp³-hybridized carbons (Fsp3) is 0.0714. The third kappa shape index (κ3) is 2.57. The fourth-order valence-corrected chi connectivity index (χ4v) is 2.14. The SMILES string of the molecule is CC(=O)c1cc(Cl)c(O)c(-c2ccc(Br)cc2)c1. The first-order valence-electron chi connectivity index (χ1n) is 5.28. The Morgan fingerprint density at radius 1 is 1.22 bits per heavy atom. The van der Waals surface area contributed by atoms with Crippen molar-refractivity contribution in [2.45, 2.75) is 6.92 Å². The van der Waals surface area contributed by atoms with Crippen molar-refractivity contribution in [2.75, 3.05) is 0 Å². The first kappa shape index (κ1) is 13.1. The van der Waals surface area contributed by atoms with Gasteiger partial charge in [0.15, 0.2) is 5.78 Å². The molecule has 18 heavy (non-hydrogen) atoms. The predicted molar refractivity (Wildman–Crippen MR) is 76.3 cm³/mol. The summed E-state index contributed by atoms with van der Waals surface area (Å²) in [5.74, 6) is -0.0979. The van der Waals surface area contributed by atoms with E-state index in [-0.39, 0.29) is 16.6 Å². The molecule has 4 heteroatoms. The molecule has 0 unspecified atom stereocenters. The van der Waals surface area contributed by atoms with Gasteiger partial charge in [0.25, 0.3) is 0 Å². The molecule has 0 saturated heterocycles. The number of aromatic hydroxyl groups is 1. The standard InChI is InChI=1S/C14H10BrClO2/c1-8(17)10-6-12(14(18)13(16)7-10)9-2-4-11(15)5-3-9/h2-7,18H,1H3. The van der Waals surface area contributed by atoms with E-state index in [1.165, 1.54) is 13.0 Å². The minimum atomic E-state index is -0.0877. The van der Waals surface area contributed by atoms with Crippen molar-refractivity contribution in [1.29, 1.82) is 0 Å². The molecule has 0 atom stereocenters. The zero-order valence-electron chi connectivity index (χ0n) is 9.58. The second kappa shape index (κ2) is 5.12. The Morgan fingerprint density at radius 2 is 1.83 bits per heavy atom. The smallest absolute Gasteiger partial charge is 0.159 e. The Balaban J connectivity index is 2.62. The zero-order chi connectivity index (χ0) is 13.3. The van der Waals surface area contributed by atoms with Crippen LogP contribution in [0.15, 0.2) is 40.9 Å². The van der Waals surface area contributed by atoms with Crippen molar-refractivity contribution in [3.05, 3.63) is 51.5 Å². The molecule has 0 aliphatic rings. The number of phenolic OH excluding ortho intramolecular Hbond substituents is 1. The van der Waals surface area contributed by atoms with E-state index < -0.39 is 0 Å². The summed E-state index contributed by atoms with van der Waals surface area (Å²) in [6.45, 7) is 1.47. The molecule has 0 amide bonds. The maximum Gasteiger partial charge on any atom is 0.159 e. The zero-order valence-corrected chi connectivity index (χ0v) is 11.9. The van der Waals surface area contributed by atoms with Crippen LogP contribution in [0.2, 0.25) is 5.02 Å². The molecule has 0 aliphatic heterocycles. The molecule has 0 aromatic heterocycles. The maximum absolute atomic E-state index is 11.4. The number of phenols is 1. The minimum absolute atomic E-state index is 0.0102. The molecule has 0 bridgehead atoms. The summed E-state index contributed by atoms with van der Waals surface area (Å²) in [5.41, 5.74) is 1.84. The van der Waals surface area contributed by atoms with Crippen molar-refractivity contribution in [3.63, 3.8) is 0 Å². The summed E-state index contributed by atoms with van der Waals surface area (Å²) in [4.78, 5) is 11.4. The lowest BCUT2D eigenvalue weighted by Gasteiger charge is -2.09. The highest BCUT2D eigenvalue weighted by Crippen LogP contribution is 2.36. The van der Waals surface area contributed by atoms with Gasteiger partial charge in [-0.1, -0.05) is 39.7 Å². The molecule has 0 radical (unpaired) electrons. The van der Waals surface area contributed by atoms with E-state index in [1.54, 1.807) is 6.07 Å². The number of Topliss-reactive ketones (excluding diaryl/α,β-unsaturated/α-hetero) is 1. The van der Waals surface area contributed by atoms with E-state index >= 15 is 0 Å². The van der Waals surface area contributed by atoms with Gasteiger partial charge in [0.2, 0.25) is 0 Å². The van der Waals surface area contributed by atoms with Crippen LogP contribution < -0.4 is 0 Å². The van der Waals surface area contributed by atoms with Crippen LogP contribution in [0.25, 0.3) is 11.1 Å². The lowest BCUT2D eigenvalue weighted by molar-refractivity contribution is 0.101. The number of ketones is 1. The first-order valence-corrected chi connectivity index (χ1v) is 6.45. The molecule has 0 spiro atoms. The Morgan fingerprint density at radius 3 is 2.39 bits per heavy atom. The molecule has 0 heterocycles. The Hall–Kier alpha value is -1.32. The normalized spacial score (nSPS) is 10.4. The topological polar surface area (TPSA) is 37.3 Å². The number of rotatable bonds is 2. The largest absolute Gasteiger partial charge is 0.506 e. The summed E-state index contributed by atoms with van der Waals surface area (Å²) in [7, 11) is 0. The van der Waals surface area contributed by atoms with E-state index in [9.17, 15) is 9.90 Å². The number of carbonyl (C=O) groups is 1. The number of halogens is 2. The number of hydrogen-bond donors (Lipinski definition) is 1. The van der Waals surface area contributed by atoms with Gasteiger partial charge < -0.3 is 5.11 Å². The summed E-state index contributed by atoms with van der Waals surface area (Å²) in [5, 5.41) is 10.2. The molecule has 0 saturated carbocycles. The van der Waals surface area contributed by atoms with Crippen molar-refractivity contribution >= 4 is 33.3 Å². The fourth-order valence-electron chi connectivity index (χ4n) is 1.65. The van der Waals surface area contributed by atoms with Gasteiger partial charge in [0.1, 0.15) is 5.75 Å². The monoisotopic (exact) mass is 324 g/mol. The Kier molecular flexibility index (Phi) is 3.73. The molecule has 2 aromatic carbocycles. The lowest BCUT2D eigenvalue weighted by atomic mass is 10.0. The van der Waals surface area contributed by atoms with Crippen LogP contribution in [0.1, 0.15) is 17.3 Å². The Labute approximate surface area is 118 Å². The quantitative estimate of drug-likeness (QED) is 0.814. The molecule has 1 N–H and O–H groups in total. The molecule has 2 aromatic rings. The average molecular weight is 326 g/mol. The van der Waals surface area contributed by atoms with E-state index in [2.05, 4.69) is 15.9 Å². The molecule has 2 nitrogen and oxygen atoms in total. The third-order valence-electron chi connectivity index (χ3n) is 2.63. The van der Waals surface area contributed by atoms with E-state index in [0.29, 0.717) is 11.1 Å². The van der Waals surface area contributed by atoms with Crippen molar-refractivity contribution in [3.8, 4) is 16.9 Å². The average Bonchev–Trinajstić information content (AvgIpc) is 2.33. The lowest BCUT2D eigenvalue weighted by Crippen LogP contribution is -1.93. The van der Waals surface area contributed by atoms with Gasteiger partial charge in [-0.2, -0.15) is 0 Å². The maximum atomic E-state index is 11.4. The number of hydrogen-bond acceptors (Lipinski definition) is 2. The molecular formula is C14H10BrClO2. The molecule has 0 fully saturated rings. The van der Waals surface area contributed by atoms with Crippen LogP contribution in [0, 0.1) is 0 Å². The molecule has 0 aliphatic carbocycles. The van der Waals surface area contributed by atoms with Crippen LogP contribution in [0.5, 0.6) is 5.75 Å². The van der Waals surface area contributed by atoms with Crippen molar-refractivity contribution in [2.24, 2.45) is 0 Å². The number of carbonyl (C=O) groups excluding carboxylic acids is 1. The Bertz CT molecular complexity index is 606. The summed E-state index contributed by atoms with van der Waals surface area (Å²) in [6.07, 6.45) is 0. The molecule has 92 valence electrons. The van der Waals surface area contributed by atoms with E-state index in [0.717, 1.165) is 10.0 Å². The van der Waals surface area contributed by atoms with Crippen LogP contribution in [0.4, 0.5) is 0 Å². The highest BCUT2D eigenvalue weighted by atomic mass is 79.9. The van der Waals surface area contributed by atoms with Crippen molar-refractivity contribution in [1.82, 2.24) is 0 Å². The second-order valence-corrected chi connectivity index (χ2v) is 5.24. The third-order valence-corrected chi connectivity index (χ3v) is 3.44. The first-order chi connectivity index (χ1) is 8.49. The summed E-state index contributed by atoms with van der Waals surface area (Å²) in [6, 6.07) is 10.5. The number of benzene rings is 2. The van der Waals surface area contributed by atoms with Gasteiger partial charge in [0.05, 0.1) is 5.02 Å². The molecular weight excluding hydrogens is 316 g/mol. The van der Waals surface area contributed by atoms with Gasteiger partial charge in [-0.25, -0.2) is 0 Å². The van der Waals surface area contributed by atoms with Gasteiger partial charge in [-0.15, -0.1) is 0 Å². The highest BCUT2D eigenvalue weighted by molar-refractivity contribution is 9.10. The summed E-state index contributed by atoms with van der Waals surface area (Å²) >= 11 is 9.28. The van der Waals surface area contributed by atoms with Gasteiger partial charge >= 0.3 is 0 Å². The molecule has 2 rings (SSSR count). The van der Waals surface area contributed by atoms with Gasteiger partial charge in [-0.3, -0.25) is 4.79 Å². The van der Waals surface area contributed by atoms with Crippen LogP contribution in [0.3, 0.4) is 0 Å². The van der Waals surface area contributed by atoms with E-state index in [1.807, 2.05) is 24.3 Å². The summed E-state index contributed by atoms with van der Waals surface area (Å²) < 4.78 is 0.944. The van der Waals surface area contributed by atoms with Gasteiger partial charge in [0, 0.05) is 15.6 Å². The predicted octanol–water partition coefficient (Wildman–Crippen LogP) is 4.68. The van der Waals surface area contributed by atoms with Gasteiger partial charge in [-0.05, 0) is 36.8 Å². The minimum Gasteiger partial charge on any atom is -0.506 e.